The van der Waals surface area contributed by atoms with Crippen LogP contribution in [0.1, 0.15) is 22.8 Å². The van der Waals surface area contributed by atoms with Gasteiger partial charge in [0.15, 0.2) is 0 Å². The summed E-state index contributed by atoms with van der Waals surface area (Å²) >= 11 is 3.22. The Balaban J connectivity index is 1.66. The highest BCUT2D eigenvalue weighted by Crippen LogP contribution is 2.20. The molecule has 1 aliphatic rings. The lowest BCUT2D eigenvalue weighted by molar-refractivity contribution is 0.0471. The average Bonchev–Trinajstić information content (AvgIpc) is 2.55. The van der Waals surface area contributed by atoms with Crippen LogP contribution in [0.15, 0.2) is 53.0 Å². The molecule has 0 saturated carbocycles. The van der Waals surface area contributed by atoms with Gasteiger partial charge in [0, 0.05) is 36.7 Å². The minimum absolute atomic E-state index is 0.0537. The fourth-order valence-corrected chi connectivity index (χ4v) is 3.47. The van der Waals surface area contributed by atoms with E-state index in [1.165, 1.54) is 11.6 Å². The molecule has 1 saturated heterocycles. The Bertz CT molecular complexity index is 723. The van der Waals surface area contributed by atoms with Crippen LogP contribution in [0.4, 0.5) is 4.39 Å². The minimum Gasteiger partial charge on any atom is -0.333 e. The Morgan fingerprint density at radius 1 is 1.21 bits per heavy atom. The lowest BCUT2D eigenvalue weighted by Gasteiger charge is -2.40. The molecule has 3 nitrogen and oxygen atoms in total. The molecule has 0 aliphatic carbocycles. The molecular weight excluding hydrogens is 371 g/mol. The topological polar surface area (TPSA) is 23.6 Å². The highest BCUT2D eigenvalue weighted by atomic mass is 79.9. The number of piperazine rings is 1. The molecule has 0 aromatic heterocycles. The Morgan fingerprint density at radius 2 is 1.96 bits per heavy atom. The van der Waals surface area contributed by atoms with Gasteiger partial charge in [-0.15, -0.1) is 0 Å². The van der Waals surface area contributed by atoms with Crippen LogP contribution in [-0.2, 0) is 6.54 Å². The summed E-state index contributed by atoms with van der Waals surface area (Å²) in [6.45, 7) is 5.09. The van der Waals surface area contributed by atoms with Crippen LogP contribution in [0.3, 0.4) is 0 Å². The van der Waals surface area contributed by atoms with Crippen LogP contribution >= 0.6 is 15.9 Å². The van der Waals surface area contributed by atoms with E-state index in [0.717, 1.165) is 19.6 Å². The molecule has 0 spiro atoms. The molecule has 2 aromatic carbocycles. The molecule has 3 rings (SSSR count). The molecule has 126 valence electrons. The summed E-state index contributed by atoms with van der Waals surface area (Å²) in [6, 6.07) is 14.9. The summed E-state index contributed by atoms with van der Waals surface area (Å²) in [5.41, 5.74) is 1.41. The summed E-state index contributed by atoms with van der Waals surface area (Å²) in [7, 11) is 0. The van der Waals surface area contributed by atoms with Gasteiger partial charge in [0.25, 0.3) is 5.91 Å². The van der Waals surface area contributed by atoms with Crippen molar-refractivity contribution in [3.05, 3.63) is 69.9 Å². The van der Waals surface area contributed by atoms with Crippen molar-refractivity contribution in [2.45, 2.75) is 19.5 Å². The first-order valence-electron chi connectivity index (χ1n) is 8.07. The fraction of sp³-hybridized carbons (Fsp3) is 0.316. The molecule has 24 heavy (non-hydrogen) atoms. The third kappa shape index (κ3) is 3.84. The zero-order chi connectivity index (χ0) is 17.1. The molecule has 1 amide bonds. The Morgan fingerprint density at radius 3 is 2.62 bits per heavy atom. The lowest BCUT2D eigenvalue weighted by Crippen LogP contribution is -2.53. The van der Waals surface area contributed by atoms with Gasteiger partial charge in [-0.25, -0.2) is 4.39 Å². The number of hydrogen-bond acceptors (Lipinski definition) is 2. The molecule has 0 N–H and O–H groups in total. The van der Waals surface area contributed by atoms with E-state index in [4.69, 9.17) is 0 Å². The smallest absolute Gasteiger partial charge is 0.257 e. The zero-order valence-electron chi connectivity index (χ0n) is 13.6. The first kappa shape index (κ1) is 17.1. The van der Waals surface area contributed by atoms with Gasteiger partial charge in [-0.2, -0.15) is 0 Å². The number of nitrogens with zero attached hydrogens (tertiary/aromatic N) is 2. The summed E-state index contributed by atoms with van der Waals surface area (Å²) in [4.78, 5) is 16.8. The van der Waals surface area contributed by atoms with Crippen molar-refractivity contribution >= 4 is 21.8 Å². The Labute approximate surface area is 150 Å². The Kier molecular flexibility index (Phi) is 5.31. The van der Waals surface area contributed by atoms with E-state index in [-0.39, 0.29) is 17.5 Å². The lowest BCUT2D eigenvalue weighted by atomic mass is 10.1. The third-order valence-corrected chi connectivity index (χ3v) is 4.88. The Hall–Kier alpha value is -1.72. The minimum atomic E-state index is -0.478. The van der Waals surface area contributed by atoms with Crippen molar-refractivity contribution < 1.29 is 9.18 Å². The fourth-order valence-electron chi connectivity index (χ4n) is 3.14. The van der Waals surface area contributed by atoms with Gasteiger partial charge in [-0.1, -0.05) is 46.3 Å². The first-order valence-corrected chi connectivity index (χ1v) is 8.86. The van der Waals surface area contributed by atoms with Gasteiger partial charge < -0.3 is 4.90 Å². The maximum atomic E-state index is 14.1. The maximum Gasteiger partial charge on any atom is 0.257 e. The molecule has 1 unspecified atom stereocenters. The maximum absolute atomic E-state index is 14.1. The van der Waals surface area contributed by atoms with Crippen molar-refractivity contribution in [1.82, 2.24) is 9.80 Å². The molecule has 0 radical (unpaired) electrons. The highest BCUT2D eigenvalue weighted by molar-refractivity contribution is 9.10. The molecule has 1 atom stereocenters. The highest BCUT2D eigenvalue weighted by Gasteiger charge is 2.29. The number of rotatable bonds is 3. The van der Waals surface area contributed by atoms with Gasteiger partial charge in [0.1, 0.15) is 5.82 Å². The standard InChI is InChI=1S/C19H20BrFN2O/c1-14-12-22(13-15-5-3-2-4-6-15)9-10-23(14)19(24)17-8-7-16(20)11-18(17)21/h2-8,11,14H,9-10,12-13H2,1H3. The number of amides is 1. The largest absolute Gasteiger partial charge is 0.333 e. The van der Waals surface area contributed by atoms with Crippen molar-refractivity contribution in [1.29, 1.82) is 0 Å². The van der Waals surface area contributed by atoms with Crippen molar-refractivity contribution in [3.63, 3.8) is 0 Å². The van der Waals surface area contributed by atoms with Gasteiger partial charge in [0.2, 0.25) is 0 Å². The number of benzene rings is 2. The van der Waals surface area contributed by atoms with Gasteiger partial charge in [0.05, 0.1) is 5.56 Å². The molecule has 1 aliphatic heterocycles. The second-order valence-corrected chi connectivity index (χ2v) is 7.11. The summed E-state index contributed by atoms with van der Waals surface area (Å²) in [5, 5.41) is 0. The van der Waals surface area contributed by atoms with E-state index in [1.807, 2.05) is 25.1 Å². The first-order chi connectivity index (χ1) is 11.5. The molecule has 5 heteroatoms. The van der Waals surface area contributed by atoms with Crippen LogP contribution in [0.2, 0.25) is 0 Å². The van der Waals surface area contributed by atoms with Crippen LogP contribution < -0.4 is 0 Å². The van der Waals surface area contributed by atoms with Crippen LogP contribution in [-0.4, -0.2) is 41.4 Å². The molecule has 1 heterocycles. The molecule has 2 aromatic rings. The van der Waals surface area contributed by atoms with E-state index in [9.17, 15) is 9.18 Å². The second-order valence-electron chi connectivity index (χ2n) is 6.19. The van der Waals surface area contributed by atoms with Crippen molar-refractivity contribution in [2.24, 2.45) is 0 Å². The van der Waals surface area contributed by atoms with Crippen molar-refractivity contribution in [2.75, 3.05) is 19.6 Å². The van der Waals surface area contributed by atoms with E-state index >= 15 is 0 Å². The number of carbonyl (C=O) groups is 1. The van der Waals surface area contributed by atoms with E-state index in [2.05, 4.69) is 33.0 Å². The van der Waals surface area contributed by atoms with E-state index < -0.39 is 5.82 Å². The predicted molar refractivity (Wildman–Crippen MR) is 96.3 cm³/mol. The van der Waals surface area contributed by atoms with Gasteiger partial charge >= 0.3 is 0 Å². The summed E-state index contributed by atoms with van der Waals surface area (Å²) < 4.78 is 14.7. The molecular formula is C19H20BrFN2O. The van der Waals surface area contributed by atoms with Gasteiger partial charge in [-0.05, 0) is 30.7 Å². The number of halogens is 2. The van der Waals surface area contributed by atoms with Crippen molar-refractivity contribution in [3.8, 4) is 0 Å². The SMILES string of the molecule is CC1CN(Cc2ccccc2)CCN1C(=O)c1ccc(Br)cc1F. The average molecular weight is 391 g/mol. The quantitative estimate of drug-likeness (QED) is 0.792. The van der Waals surface area contributed by atoms with Crippen LogP contribution in [0, 0.1) is 5.82 Å². The van der Waals surface area contributed by atoms with Gasteiger partial charge in [-0.3, -0.25) is 9.69 Å². The molecule has 0 bridgehead atoms. The monoisotopic (exact) mass is 390 g/mol. The number of carbonyl (C=O) groups excluding carboxylic acids is 1. The third-order valence-electron chi connectivity index (χ3n) is 4.38. The molecule has 1 fully saturated rings. The van der Waals surface area contributed by atoms with E-state index in [1.54, 1.807) is 17.0 Å². The second kappa shape index (κ2) is 7.45. The van der Waals surface area contributed by atoms with E-state index in [0.29, 0.717) is 11.0 Å². The normalized spacial score (nSPS) is 18.6. The van der Waals surface area contributed by atoms with Crippen LogP contribution in [0.5, 0.6) is 0 Å². The summed E-state index contributed by atoms with van der Waals surface area (Å²) in [6.07, 6.45) is 0. The van der Waals surface area contributed by atoms with Crippen LogP contribution in [0.25, 0.3) is 0 Å². The number of hydrogen-bond donors (Lipinski definition) is 0. The summed E-state index contributed by atoms with van der Waals surface area (Å²) in [5.74, 6) is -0.708. The predicted octanol–water partition coefficient (Wildman–Crippen LogP) is 3.93. The zero-order valence-corrected chi connectivity index (χ0v) is 15.2.